The molecule has 1 spiro atoms. The number of hydrogen-bond donors (Lipinski definition) is 1. The Morgan fingerprint density at radius 1 is 0.828 bits per heavy atom. The largest absolute Gasteiger partial charge is 0.410 e. The van der Waals surface area contributed by atoms with Crippen LogP contribution in [0.3, 0.4) is 0 Å². The molecule has 0 aromatic heterocycles. The Hall–Kier alpha value is -3.45. The zero-order chi connectivity index (χ0) is 20.5. The summed E-state index contributed by atoms with van der Waals surface area (Å²) >= 11 is 0. The molecule has 0 bridgehead atoms. The first-order valence-corrected chi connectivity index (χ1v) is 9.24. The summed E-state index contributed by atoms with van der Waals surface area (Å²) in [4.78, 5) is 38.9. The summed E-state index contributed by atoms with van der Waals surface area (Å²) in [5.74, 6) is -4.38. The molecule has 2 N–H and O–H groups in total. The lowest BCUT2D eigenvalue weighted by Gasteiger charge is -2.49. The van der Waals surface area contributed by atoms with Gasteiger partial charge in [-0.2, -0.15) is 0 Å². The van der Waals surface area contributed by atoms with E-state index in [1.165, 1.54) is 4.90 Å². The van der Waals surface area contributed by atoms with Gasteiger partial charge < -0.3 is 20.1 Å². The Bertz CT molecular complexity index is 912. The second-order valence-electron chi connectivity index (χ2n) is 7.11. The van der Waals surface area contributed by atoms with Crippen LogP contribution in [-0.4, -0.2) is 41.7 Å². The van der Waals surface area contributed by atoms with Crippen molar-refractivity contribution >= 4 is 17.8 Å². The lowest BCUT2D eigenvalue weighted by atomic mass is 9.67. The third-order valence-electron chi connectivity index (χ3n) is 5.37. The Kier molecular flexibility index (Phi) is 4.68. The van der Waals surface area contributed by atoms with Crippen LogP contribution in [-0.2, 0) is 29.3 Å². The van der Waals surface area contributed by atoms with Crippen LogP contribution in [0.1, 0.15) is 17.5 Å². The predicted molar refractivity (Wildman–Crippen MR) is 103 cm³/mol. The molecular weight excluding hydrogens is 372 g/mol. The highest BCUT2D eigenvalue weighted by atomic mass is 16.7. The first kappa shape index (κ1) is 18.9. The van der Waals surface area contributed by atoms with E-state index in [2.05, 4.69) is 0 Å². The maximum atomic E-state index is 13.2. The number of likely N-dealkylation sites (tertiary alicyclic amines) is 1. The molecule has 1 amide bonds. The summed E-state index contributed by atoms with van der Waals surface area (Å²) in [5.41, 5.74) is 6.85. The molecule has 0 unspecified atom stereocenters. The first-order chi connectivity index (χ1) is 14.0. The Labute approximate surface area is 167 Å². The number of amides is 1. The number of ether oxygens (including phenoxy) is 2. The van der Waals surface area contributed by atoms with Crippen LogP contribution >= 0.6 is 0 Å². The SMILES string of the molecule is NCN1CC(c2ccccc2)(c2ccccc2)CC2(OC(=O)C=CC(=O)O2)C1=O. The lowest BCUT2D eigenvalue weighted by molar-refractivity contribution is -0.238. The van der Waals surface area contributed by atoms with Crippen molar-refractivity contribution in [3.63, 3.8) is 0 Å². The number of esters is 2. The lowest BCUT2D eigenvalue weighted by Crippen LogP contribution is -2.65. The van der Waals surface area contributed by atoms with Gasteiger partial charge in [0.25, 0.3) is 0 Å². The third kappa shape index (κ3) is 3.19. The van der Waals surface area contributed by atoms with E-state index in [1.54, 1.807) is 0 Å². The highest BCUT2D eigenvalue weighted by molar-refractivity contribution is 5.98. The van der Waals surface area contributed by atoms with Gasteiger partial charge in [0, 0.05) is 24.1 Å². The summed E-state index contributed by atoms with van der Waals surface area (Å²) in [6.07, 6.45) is 1.86. The van der Waals surface area contributed by atoms with Crippen molar-refractivity contribution in [3.8, 4) is 0 Å². The molecular formula is C22H20N2O5. The second-order valence-corrected chi connectivity index (χ2v) is 7.11. The van der Waals surface area contributed by atoms with Crippen molar-refractivity contribution in [2.45, 2.75) is 17.6 Å². The monoisotopic (exact) mass is 392 g/mol. The third-order valence-corrected chi connectivity index (χ3v) is 5.37. The molecule has 0 aliphatic carbocycles. The van der Waals surface area contributed by atoms with Crippen LogP contribution in [0.15, 0.2) is 72.8 Å². The zero-order valence-corrected chi connectivity index (χ0v) is 15.6. The van der Waals surface area contributed by atoms with Gasteiger partial charge in [0.15, 0.2) is 0 Å². The highest BCUT2D eigenvalue weighted by Crippen LogP contribution is 2.46. The number of hydrogen-bond acceptors (Lipinski definition) is 6. The second kappa shape index (κ2) is 7.18. The molecule has 2 aliphatic heterocycles. The van der Waals surface area contributed by atoms with Crippen molar-refractivity contribution < 1.29 is 23.9 Å². The van der Waals surface area contributed by atoms with E-state index in [0.29, 0.717) is 0 Å². The molecule has 0 radical (unpaired) electrons. The van der Waals surface area contributed by atoms with E-state index < -0.39 is 29.0 Å². The zero-order valence-electron chi connectivity index (χ0n) is 15.6. The smallest absolute Gasteiger partial charge is 0.338 e. The fourth-order valence-electron chi connectivity index (χ4n) is 4.09. The summed E-state index contributed by atoms with van der Waals surface area (Å²) in [7, 11) is 0. The van der Waals surface area contributed by atoms with Gasteiger partial charge in [0.1, 0.15) is 0 Å². The molecule has 1 fully saturated rings. The van der Waals surface area contributed by atoms with E-state index in [-0.39, 0.29) is 19.6 Å². The van der Waals surface area contributed by atoms with Gasteiger partial charge in [-0.3, -0.25) is 4.79 Å². The van der Waals surface area contributed by atoms with Gasteiger partial charge >= 0.3 is 23.6 Å². The molecule has 2 heterocycles. The Balaban J connectivity index is 1.93. The fourth-order valence-corrected chi connectivity index (χ4v) is 4.09. The summed E-state index contributed by atoms with van der Waals surface area (Å²) in [6, 6.07) is 19.1. The molecule has 0 saturated carbocycles. The molecule has 2 aromatic rings. The standard InChI is InChI=1S/C22H20N2O5/c23-15-24-14-21(16-7-3-1-4-8-16,17-9-5-2-6-10-17)13-22(20(24)27)28-18(25)11-12-19(26)29-22/h1-12H,13-15,23H2. The summed E-state index contributed by atoms with van der Waals surface area (Å²) < 4.78 is 10.9. The van der Waals surface area contributed by atoms with Gasteiger partial charge in [0.2, 0.25) is 0 Å². The van der Waals surface area contributed by atoms with E-state index in [4.69, 9.17) is 15.2 Å². The molecule has 7 heteroatoms. The van der Waals surface area contributed by atoms with E-state index in [1.807, 2.05) is 60.7 Å². The van der Waals surface area contributed by atoms with E-state index in [0.717, 1.165) is 23.3 Å². The van der Waals surface area contributed by atoms with Gasteiger partial charge in [-0.1, -0.05) is 60.7 Å². The average molecular weight is 392 g/mol. The number of nitrogens with two attached hydrogens (primary N) is 1. The average Bonchev–Trinajstić information content (AvgIpc) is 2.89. The van der Waals surface area contributed by atoms with Gasteiger partial charge in [0.05, 0.1) is 13.1 Å². The van der Waals surface area contributed by atoms with Crippen LogP contribution in [0, 0.1) is 0 Å². The highest BCUT2D eigenvalue weighted by Gasteiger charge is 2.60. The van der Waals surface area contributed by atoms with Gasteiger partial charge in [-0.15, -0.1) is 0 Å². The number of carbonyl (C=O) groups excluding carboxylic acids is 3. The predicted octanol–water partition coefficient (Wildman–Crippen LogP) is 1.47. The van der Waals surface area contributed by atoms with Gasteiger partial charge in [-0.25, -0.2) is 9.59 Å². The van der Waals surface area contributed by atoms with Crippen LogP contribution in [0.2, 0.25) is 0 Å². The van der Waals surface area contributed by atoms with Crippen molar-refractivity contribution in [1.29, 1.82) is 0 Å². The molecule has 1 saturated heterocycles. The number of carbonyl (C=O) groups is 3. The minimum absolute atomic E-state index is 0.0531. The summed E-state index contributed by atoms with van der Waals surface area (Å²) in [5, 5.41) is 0. The van der Waals surface area contributed by atoms with Crippen molar-refractivity contribution in [2.75, 3.05) is 13.2 Å². The van der Waals surface area contributed by atoms with Crippen LogP contribution in [0.25, 0.3) is 0 Å². The number of benzene rings is 2. The number of piperidine rings is 1. The maximum absolute atomic E-state index is 13.2. The van der Waals surface area contributed by atoms with Crippen molar-refractivity contribution in [1.82, 2.24) is 4.90 Å². The summed E-state index contributed by atoms with van der Waals surface area (Å²) in [6.45, 7) is 0.130. The van der Waals surface area contributed by atoms with E-state index >= 15 is 0 Å². The molecule has 2 aromatic carbocycles. The van der Waals surface area contributed by atoms with Crippen LogP contribution < -0.4 is 5.73 Å². The van der Waals surface area contributed by atoms with Gasteiger partial charge in [-0.05, 0) is 11.1 Å². The molecule has 0 atom stereocenters. The normalized spacial score (nSPS) is 20.2. The Morgan fingerprint density at radius 3 is 1.76 bits per heavy atom. The molecule has 4 rings (SSSR count). The minimum Gasteiger partial charge on any atom is -0.410 e. The molecule has 2 aliphatic rings. The number of nitrogens with zero attached hydrogens (tertiary/aromatic N) is 1. The number of rotatable bonds is 3. The van der Waals surface area contributed by atoms with Crippen molar-refractivity contribution in [2.24, 2.45) is 5.73 Å². The molecule has 7 nitrogen and oxygen atoms in total. The molecule has 29 heavy (non-hydrogen) atoms. The van der Waals surface area contributed by atoms with Crippen molar-refractivity contribution in [3.05, 3.63) is 83.9 Å². The minimum atomic E-state index is -2.10. The van der Waals surface area contributed by atoms with Crippen LogP contribution in [0.5, 0.6) is 0 Å². The van der Waals surface area contributed by atoms with E-state index in [9.17, 15) is 14.4 Å². The molecule has 148 valence electrons. The topological polar surface area (TPSA) is 98.9 Å². The van der Waals surface area contributed by atoms with Crippen LogP contribution in [0.4, 0.5) is 0 Å². The first-order valence-electron chi connectivity index (χ1n) is 9.24. The fraction of sp³-hybridized carbons (Fsp3) is 0.227. The maximum Gasteiger partial charge on any atom is 0.338 e. The quantitative estimate of drug-likeness (QED) is 0.795. The Morgan fingerprint density at radius 2 is 1.31 bits per heavy atom.